The van der Waals surface area contributed by atoms with Crippen LogP contribution in [0.1, 0.15) is 30.1 Å². The highest BCUT2D eigenvalue weighted by atomic mass is 16.5. The number of carbonyl (C=O) groups is 2. The van der Waals surface area contributed by atoms with Gasteiger partial charge in [0.1, 0.15) is 0 Å². The predicted octanol–water partition coefficient (Wildman–Crippen LogP) is 1.80. The van der Waals surface area contributed by atoms with Crippen molar-refractivity contribution in [3.63, 3.8) is 0 Å². The number of amides is 1. The first kappa shape index (κ1) is 18.1. The van der Waals surface area contributed by atoms with Crippen LogP contribution in [0, 0.1) is 0 Å². The molecule has 24 heavy (non-hydrogen) atoms. The fourth-order valence-electron chi connectivity index (χ4n) is 2.57. The van der Waals surface area contributed by atoms with E-state index in [1.165, 1.54) is 0 Å². The molecule has 1 amide bonds. The molecule has 1 fully saturated rings. The van der Waals surface area contributed by atoms with Gasteiger partial charge in [-0.15, -0.1) is 0 Å². The van der Waals surface area contributed by atoms with E-state index < -0.39 is 12.6 Å². The normalized spacial score (nSPS) is 16.7. The second-order valence-electron chi connectivity index (χ2n) is 5.60. The first-order valence-corrected chi connectivity index (χ1v) is 7.99. The highest BCUT2D eigenvalue weighted by molar-refractivity contribution is 5.94. The average molecular weight is 337 g/mol. The Morgan fingerprint density at radius 1 is 1.33 bits per heavy atom. The van der Waals surface area contributed by atoms with Crippen molar-refractivity contribution < 1.29 is 28.9 Å². The fourth-order valence-corrected chi connectivity index (χ4v) is 2.57. The zero-order chi connectivity index (χ0) is 17.5. The highest BCUT2D eigenvalue weighted by Crippen LogP contribution is 2.29. The van der Waals surface area contributed by atoms with Crippen LogP contribution in [-0.2, 0) is 9.53 Å². The molecule has 0 spiro atoms. The van der Waals surface area contributed by atoms with Crippen LogP contribution in [0.15, 0.2) is 18.2 Å². The largest absolute Gasteiger partial charge is 0.490 e. The van der Waals surface area contributed by atoms with Crippen LogP contribution < -0.4 is 9.47 Å². The van der Waals surface area contributed by atoms with E-state index in [0.717, 1.165) is 19.4 Å². The van der Waals surface area contributed by atoms with Crippen molar-refractivity contribution in [2.75, 3.05) is 33.4 Å². The Hall–Kier alpha value is -2.28. The Morgan fingerprint density at radius 3 is 2.75 bits per heavy atom. The van der Waals surface area contributed by atoms with E-state index in [4.69, 9.17) is 19.3 Å². The maximum atomic E-state index is 12.5. The molecule has 1 unspecified atom stereocenters. The summed E-state index contributed by atoms with van der Waals surface area (Å²) in [5, 5.41) is 8.71. The van der Waals surface area contributed by atoms with Crippen LogP contribution in [0.2, 0.25) is 0 Å². The van der Waals surface area contributed by atoms with Crippen LogP contribution in [-0.4, -0.2) is 61.4 Å². The SMILES string of the molecule is CCOc1cc(C(=O)N(C)CC2CCCO2)ccc1OCC(=O)O. The number of carboxylic acid groups (broad SMARTS) is 1. The molecule has 132 valence electrons. The van der Waals surface area contributed by atoms with Gasteiger partial charge in [0.05, 0.1) is 12.7 Å². The molecule has 1 saturated heterocycles. The van der Waals surface area contributed by atoms with Crippen LogP contribution in [0.3, 0.4) is 0 Å². The first-order chi connectivity index (χ1) is 11.5. The molecule has 1 atom stereocenters. The lowest BCUT2D eigenvalue weighted by molar-refractivity contribution is -0.139. The Kier molecular flexibility index (Phi) is 6.43. The summed E-state index contributed by atoms with van der Waals surface area (Å²) in [6.45, 7) is 3.01. The van der Waals surface area contributed by atoms with Gasteiger partial charge in [0.2, 0.25) is 0 Å². The molecule has 0 radical (unpaired) electrons. The number of likely N-dealkylation sites (N-methyl/N-ethyl adjacent to an activating group) is 1. The number of aliphatic carboxylic acids is 1. The van der Waals surface area contributed by atoms with Crippen LogP contribution in [0.4, 0.5) is 0 Å². The third-order valence-electron chi connectivity index (χ3n) is 3.69. The molecule has 0 bridgehead atoms. The third kappa shape index (κ3) is 4.86. The van der Waals surface area contributed by atoms with E-state index in [0.29, 0.717) is 30.2 Å². The van der Waals surface area contributed by atoms with Crippen molar-refractivity contribution in [3.8, 4) is 11.5 Å². The predicted molar refractivity (Wildman–Crippen MR) is 86.7 cm³/mol. The second kappa shape index (κ2) is 8.54. The van der Waals surface area contributed by atoms with Gasteiger partial charge in [-0.25, -0.2) is 4.79 Å². The molecule has 2 rings (SSSR count). The summed E-state index contributed by atoms with van der Waals surface area (Å²) < 4.78 is 16.2. The van der Waals surface area contributed by atoms with Gasteiger partial charge in [0.15, 0.2) is 18.1 Å². The summed E-state index contributed by atoms with van der Waals surface area (Å²) in [6.07, 6.45) is 2.07. The van der Waals surface area contributed by atoms with Crippen molar-refractivity contribution >= 4 is 11.9 Å². The maximum Gasteiger partial charge on any atom is 0.341 e. The van der Waals surface area contributed by atoms with Gasteiger partial charge in [-0.1, -0.05) is 0 Å². The van der Waals surface area contributed by atoms with Gasteiger partial charge in [-0.2, -0.15) is 0 Å². The number of carbonyl (C=O) groups excluding carboxylic acids is 1. The smallest absolute Gasteiger partial charge is 0.341 e. The summed E-state index contributed by atoms with van der Waals surface area (Å²) in [7, 11) is 1.74. The minimum Gasteiger partial charge on any atom is -0.490 e. The fraction of sp³-hybridized carbons (Fsp3) is 0.529. The number of nitrogens with zero attached hydrogens (tertiary/aromatic N) is 1. The molecule has 0 aliphatic carbocycles. The lowest BCUT2D eigenvalue weighted by atomic mass is 10.1. The average Bonchev–Trinajstić information content (AvgIpc) is 3.06. The molecule has 1 heterocycles. The van der Waals surface area contributed by atoms with Crippen LogP contribution >= 0.6 is 0 Å². The zero-order valence-electron chi connectivity index (χ0n) is 14.0. The van der Waals surface area contributed by atoms with Crippen molar-refractivity contribution in [1.29, 1.82) is 0 Å². The van der Waals surface area contributed by atoms with Gasteiger partial charge in [0, 0.05) is 25.8 Å². The topological polar surface area (TPSA) is 85.3 Å². The van der Waals surface area contributed by atoms with Crippen molar-refractivity contribution in [1.82, 2.24) is 4.90 Å². The summed E-state index contributed by atoms with van der Waals surface area (Å²) >= 11 is 0. The molecule has 1 aromatic rings. The minimum atomic E-state index is -1.08. The highest BCUT2D eigenvalue weighted by Gasteiger charge is 2.21. The van der Waals surface area contributed by atoms with Crippen LogP contribution in [0.25, 0.3) is 0 Å². The van der Waals surface area contributed by atoms with Gasteiger partial charge in [-0.3, -0.25) is 4.79 Å². The van der Waals surface area contributed by atoms with E-state index in [-0.39, 0.29) is 12.0 Å². The van der Waals surface area contributed by atoms with E-state index in [9.17, 15) is 9.59 Å². The standard InChI is InChI=1S/C17H23NO6/c1-3-22-15-9-12(6-7-14(15)24-11-16(19)20)17(21)18(2)10-13-5-4-8-23-13/h6-7,9,13H,3-5,8,10-11H2,1-2H3,(H,19,20). The summed E-state index contributed by atoms with van der Waals surface area (Å²) in [4.78, 5) is 24.8. The molecule has 1 N–H and O–H groups in total. The quantitative estimate of drug-likeness (QED) is 0.778. The number of hydrogen-bond donors (Lipinski definition) is 1. The van der Waals surface area contributed by atoms with E-state index >= 15 is 0 Å². The molecule has 7 heteroatoms. The molecule has 0 saturated carbocycles. The lowest BCUT2D eigenvalue weighted by Gasteiger charge is -2.21. The number of ether oxygens (including phenoxy) is 3. The number of rotatable bonds is 8. The summed E-state index contributed by atoms with van der Waals surface area (Å²) in [5.41, 5.74) is 0.460. The van der Waals surface area contributed by atoms with Gasteiger partial charge < -0.3 is 24.2 Å². The minimum absolute atomic E-state index is 0.0866. The number of carboxylic acids is 1. The molecule has 1 aliphatic heterocycles. The number of benzene rings is 1. The summed E-state index contributed by atoms with van der Waals surface area (Å²) in [6, 6.07) is 4.74. The Morgan fingerprint density at radius 2 is 2.12 bits per heavy atom. The molecule has 1 aliphatic rings. The monoisotopic (exact) mass is 337 g/mol. The number of hydrogen-bond acceptors (Lipinski definition) is 5. The van der Waals surface area contributed by atoms with E-state index in [2.05, 4.69) is 0 Å². The van der Waals surface area contributed by atoms with Crippen molar-refractivity contribution in [2.24, 2.45) is 0 Å². The third-order valence-corrected chi connectivity index (χ3v) is 3.69. The Balaban J connectivity index is 2.09. The van der Waals surface area contributed by atoms with Crippen LogP contribution in [0.5, 0.6) is 11.5 Å². The van der Waals surface area contributed by atoms with Gasteiger partial charge >= 0.3 is 5.97 Å². The Bertz CT molecular complexity index is 582. The maximum absolute atomic E-state index is 12.5. The second-order valence-corrected chi connectivity index (χ2v) is 5.60. The van der Waals surface area contributed by atoms with Crippen molar-refractivity contribution in [2.45, 2.75) is 25.9 Å². The van der Waals surface area contributed by atoms with Gasteiger partial charge in [0.25, 0.3) is 5.91 Å². The lowest BCUT2D eigenvalue weighted by Crippen LogP contribution is -2.34. The first-order valence-electron chi connectivity index (χ1n) is 7.99. The zero-order valence-corrected chi connectivity index (χ0v) is 14.0. The molecule has 0 aromatic heterocycles. The van der Waals surface area contributed by atoms with Gasteiger partial charge in [-0.05, 0) is 38.0 Å². The van der Waals surface area contributed by atoms with E-state index in [1.54, 1.807) is 37.1 Å². The Labute approximate surface area is 141 Å². The molecule has 7 nitrogen and oxygen atoms in total. The summed E-state index contributed by atoms with van der Waals surface area (Å²) in [5.74, 6) is -0.558. The van der Waals surface area contributed by atoms with Crippen molar-refractivity contribution in [3.05, 3.63) is 23.8 Å². The molecular weight excluding hydrogens is 314 g/mol. The van der Waals surface area contributed by atoms with E-state index in [1.807, 2.05) is 0 Å². The molecular formula is C17H23NO6. The molecule has 1 aromatic carbocycles.